The van der Waals surface area contributed by atoms with Crippen molar-refractivity contribution in [1.82, 2.24) is 15.3 Å². The van der Waals surface area contributed by atoms with Crippen LogP contribution in [0.25, 0.3) is 0 Å². The molecule has 118 valence electrons. The molecule has 0 saturated heterocycles. The standard InChI is InChI=1S/C15H26N4O2/c1-5-19(13-12-16-9-10-17-13)11-7-6-8-18-14(20)21-15(2,3)4/h9-10,12H,5-8,11H2,1-4H3,(H,18,20). The highest BCUT2D eigenvalue weighted by molar-refractivity contribution is 5.67. The number of nitrogens with one attached hydrogen (secondary N) is 1. The molecule has 0 aliphatic rings. The summed E-state index contributed by atoms with van der Waals surface area (Å²) in [4.78, 5) is 22.0. The fourth-order valence-electron chi connectivity index (χ4n) is 1.82. The van der Waals surface area contributed by atoms with Crippen LogP contribution in [0.3, 0.4) is 0 Å². The summed E-state index contributed by atoms with van der Waals surface area (Å²) in [6.07, 6.45) is 6.65. The molecule has 0 atom stereocenters. The molecular formula is C15H26N4O2. The number of amides is 1. The molecule has 1 heterocycles. The normalized spacial score (nSPS) is 11.0. The first kappa shape index (κ1) is 17.2. The van der Waals surface area contributed by atoms with Crippen LogP contribution in [0.4, 0.5) is 10.6 Å². The Hall–Kier alpha value is -1.85. The molecule has 0 saturated carbocycles. The number of hydrogen-bond donors (Lipinski definition) is 1. The van der Waals surface area contributed by atoms with E-state index >= 15 is 0 Å². The number of hydrogen-bond acceptors (Lipinski definition) is 5. The number of nitrogens with zero attached hydrogens (tertiary/aromatic N) is 3. The molecule has 0 aromatic carbocycles. The molecule has 1 N–H and O–H groups in total. The van der Waals surface area contributed by atoms with E-state index in [2.05, 4.69) is 27.1 Å². The van der Waals surface area contributed by atoms with Crippen molar-refractivity contribution >= 4 is 11.9 Å². The van der Waals surface area contributed by atoms with E-state index in [4.69, 9.17) is 4.74 Å². The summed E-state index contributed by atoms with van der Waals surface area (Å²) in [5.74, 6) is 0.889. The van der Waals surface area contributed by atoms with Crippen LogP contribution >= 0.6 is 0 Å². The second-order valence-corrected chi connectivity index (χ2v) is 5.78. The van der Waals surface area contributed by atoms with Crippen molar-refractivity contribution in [2.75, 3.05) is 24.5 Å². The molecule has 0 bridgehead atoms. The topological polar surface area (TPSA) is 67.4 Å². The average Bonchev–Trinajstić information content (AvgIpc) is 2.42. The van der Waals surface area contributed by atoms with Gasteiger partial charge in [0.05, 0.1) is 6.20 Å². The number of aromatic nitrogens is 2. The van der Waals surface area contributed by atoms with Crippen molar-refractivity contribution in [1.29, 1.82) is 0 Å². The van der Waals surface area contributed by atoms with Crippen LogP contribution in [0.5, 0.6) is 0 Å². The third-order valence-electron chi connectivity index (χ3n) is 2.78. The van der Waals surface area contributed by atoms with E-state index in [9.17, 15) is 4.79 Å². The lowest BCUT2D eigenvalue weighted by atomic mass is 10.2. The summed E-state index contributed by atoms with van der Waals surface area (Å²) in [7, 11) is 0. The fraction of sp³-hybridized carbons (Fsp3) is 0.667. The highest BCUT2D eigenvalue weighted by Crippen LogP contribution is 2.09. The molecule has 0 unspecified atom stereocenters. The van der Waals surface area contributed by atoms with Gasteiger partial charge in [0, 0.05) is 32.0 Å². The molecule has 0 aliphatic heterocycles. The molecule has 1 amide bonds. The van der Waals surface area contributed by atoms with Gasteiger partial charge < -0.3 is 15.0 Å². The van der Waals surface area contributed by atoms with Crippen molar-refractivity contribution < 1.29 is 9.53 Å². The maximum absolute atomic E-state index is 11.5. The average molecular weight is 294 g/mol. The second kappa shape index (κ2) is 8.44. The van der Waals surface area contributed by atoms with Gasteiger partial charge in [0.25, 0.3) is 0 Å². The zero-order valence-corrected chi connectivity index (χ0v) is 13.4. The summed E-state index contributed by atoms with van der Waals surface area (Å²) in [5, 5.41) is 2.76. The third kappa shape index (κ3) is 7.48. The molecule has 1 aromatic heterocycles. The molecule has 1 aromatic rings. The fourth-order valence-corrected chi connectivity index (χ4v) is 1.82. The van der Waals surface area contributed by atoms with Crippen LogP contribution in [0.2, 0.25) is 0 Å². The molecule has 0 radical (unpaired) electrons. The van der Waals surface area contributed by atoms with Gasteiger partial charge in [-0.05, 0) is 40.5 Å². The van der Waals surface area contributed by atoms with Gasteiger partial charge in [0.1, 0.15) is 11.4 Å². The Morgan fingerprint density at radius 2 is 2.10 bits per heavy atom. The maximum atomic E-state index is 11.5. The number of ether oxygens (including phenoxy) is 1. The SMILES string of the molecule is CCN(CCCCNC(=O)OC(C)(C)C)c1cnccn1. The molecular weight excluding hydrogens is 268 g/mol. The molecule has 21 heavy (non-hydrogen) atoms. The van der Waals surface area contributed by atoms with E-state index in [0.717, 1.165) is 31.7 Å². The van der Waals surface area contributed by atoms with Crippen molar-refractivity contribution in [3.05, 3.63) is 18.6 Å². The smallest absolute Gasteiger partial charge is 0.407 e. The molecule has 0 spiro atoms. The first-order valence-electron chi connectivity index (χ1n) is 7.40. The van der Waals surface area contributed by atoms with Gasteiger partial charge >= 0.3 is 6.09 Å². The number of carbonyl (C=O) groups excluding carboxylic acids is 1. The number of rotatable bonds is 7. The van der Waals surface area contributed by atoms with Crippen molar-refractivity contribution in [3.8, 4) is 0 Å². The van der Waals surface area contributed by atoms with Gasteiger partial charge in [-0.1, -0.05) is 0 Å². The van der Waals surface area contributed by atoms with Gasteiger partial charge in [0.15, 0.2) is 0 Å². The number of alkyl carbamates (subject to hydrolysis) is 1. The minimum absolute atomic E-state index is 0.358. The molecule has 1 rings (SSSR count). The van der Waals surface area contributed by atoms with Crippen molar-refractivity contribution in [2.24, 2.45) is 0 Å². The minimum Gasteiger partial charge on any atom is -0.444 e. The van der Waals surface area contributed by atoms with Crippen molar-refractivity contribution in [3.63, 3.8) is 0 Å². The zero-order valence-electron chi connectivity index (χ0n) is 13.4. The first-order valence-corrected chi connectivity index (χ1v) is 7.40. The van der Waals surface area contributed by atoms with E-state index in [1.54, 1.807) is 18.6 Å². The van der Waals surface area contributed by atoms with Crippen LogP contribution in [-0.2, 0) is 4.74 Å². The van der Waals surface area contributed by atoms with Crippen LogP contribution < -0.4 is 10.2 Å². The maximum Gasteiger partial charge on any atom is 0.407 e. The van der Waals surface area contributed by atoms with Crippen molar-refractivity contribution in [2.45, 2.75) is 46.1 Å². The van der Waals surface area contributed by atoms with E-state index in [0.29, 0.717) is 6.54 Å². The Balaban J connectivity index is 2.20. The van der Waals surface area contributed by atoms with Gasteiger partial charge in [-0.15, -0.1) is 0 Å². The molecule has 0 fully saturated rings. The van der Waals surface area contributed by atoms with Gasteiger partial charge in [-0.3, -0.25) is 4.98 Å². The quantitative estimate of drug-likeness (QED) is 0.783. The van der Waals surface area contributed by atoms with E-state index in [1.807, 2.05) is 20.8 Å². The van der Waals surface area contributed by atoms with Crippen LogP contribution in [0.15, 0.2) is 18.6 Å². The Bertz CT molecular complexity index is 417. The summed E-state index contributed by atoms with van der Waals surface area (Å²) >= 11 is 0. The summed E-state index contributed by atoms with van der Waals surface area (Å²) in [6, 6.07) is 0. The molecule has 6 heteroatoms. The number of carbonyl (C=O) groups is 1. The second-order valence-electron chi connectivity index (χ2n) is 5.78. The lowest BCUT2D eigenvalue weighted by Gasteiger charge is -2.21. The van der Waals surface area contributed by atoms with Gasteiger partial charge in [0.2, 0.25) is 0 Å². The highest BCUT2D eigenvalue weighted by atomic mass is 16.6. The summed E-state index contributed by atoms with van der Waals surface area (Å²) < 4.78 is 5.18. The Kier molecular flexibility index (Phi) is 6.91. The van der Waals surface area contributed by atoms with Crippen LogP contribution in [-0.4, -0.2) is 41.3 Å². The van der Waals surface area contributed by atoms with E-state index < -0.39 is 5.60 Å². The first-order chi connectivity index (χ1) is 9.92. The molecule has 6 nitrogen and oxygen atoms in total. The van der Waals surface area contributed by atoms with E-state index in [1.165, 1.54) is 0 Å². The Morgan fingerprint density at radius 3 is 2.67 bits per heavy atom. The minimum atomic E-state index is -0.449. The van der Waals surface area contributed by atoms with Crippen LogP contribution in [0, 0.1) is 0 Å². The summed E-state index contributed by atoms with van der Waals surface area (Å²) in [5.41, 5.74) is -0.449. The highest BCUT2D eigenvalue weighted by Gasteiger charge is 2.15. The zero-order chi connectivity index (χ0) is 15.7. The Morgan fingerprint density at radius 1 is 1.33 bits per heavy atom. The monoisotopic (exact) mass is 294 g/mol. The predicted octanol–water partition coefficient (Wildman–Crippen LogP) is 2.61. The predicted molar refractivity (Wildman–Crippen MR) is 83.4 cm³/mol. The number of unbranched alkanes of at least 4 members (excludes halogenated alkanes) is 1. The third-order valence-corrected chi connectivity index (χ3v) is 2.78. The van der Waals surface area contributed by atoms with Gasteiger partial charge in [-0.2, -0.15) is 0 Å². The van der Waals surface area contributed by atoms with Gasteiger partial charge in [-0.25, -0.2) is 9.78 Å². The summed E-state index contributed by atoms with van der Waals surface area (Å²) in [6.45, 7) is 10.1. The van der Waals surface area contributed by atoms with Crippen LogP contribution in [0.1, 0.15) is 40.5 Å². The Labute approximate surface area is 126 Å². The largest absolute Gasteiger partial charge is 0.444 e. The van der Waals surface area contributed by atoms with E-state index in [-0.39, 0.29) is 6.09 Å². The molecule has 0 aliphatic carbocycles. The lowest BCUT2D eigenvalue weighted by molar-refractivity contribution is 0.0527. The number of anilines is 1. The lowest BCUT2D eigenvalue weighted by Crippen LogP contribution is -2.33.